The first-order valence-electron chi connectivity index (χ1n) is 8.80. The van der Waals surface area contributed by atoms with Crippen LogP contribution >= 0.6 is 0 Å². The fourth-order valence-corrected chi connectivity index (χ4v) is 3.49. The molecule has 1 aliphatic heterocycles. The highest BCUT2D eigenvalue weighted by Crippen LogP contribution is 2.41. The Hall–Kier alpha value is -2.34. The standard InChI is InChI=1S/C19H23N3O3/c1-13-4-3-5-17-19(13)21(16-6-7-16)8-9-22(17)18(23)12-24-11-15-10-14(2)25-20-15/h3-5,10,16H,6-9,11-12H2,1-2H3. The van der Waals surface area contributed by atoms with E-state index in [1.807, 2.05) is 30.0 Å². The molecule has 0 spiro atoms. The van der Waals surface area contributed by atoms with Crippen molar-refractivity contribution in [2.75, 3.05) is 29.5 Å². The first-order chi connectivity index (χ1) is 12.1. The van der Waals surface area contributed by atoms with Crippen molar-refractivity contribution < 1.29 is 14.1 Å². The molecule has 0 atom stereocenters. The largest absolute Gasteiger partial charge is 0.365 e. The number of amides is 1. The van der Waals surface area contributed by atoms with E-state index in [0.717, 1.165) is 18.0 Å². The van der Waals surface area contributed by atoms with E-state index >= 15 is 0 Å². The Kier molecular flexibility index (Phi) is 4.21. The average molecular weight is 341 g/mol. The van der Waals surface area contributed by atoms with E-state index in [-0.39, 0.29) is 19.1 Å². The summed E-state index contributed by atoms with van der Waals surface area (Å²) >= 11 is 0. The molecule has 0 saturated heterocycles. The smallest absolute Gasteiger partial charge is 0.253 e. The lowest BCUT2D eigenvalue weighted by molar-refractivity contribution is -0.123. The van der Waals surface area contributed by atoms with Crippen LogP contribution in [0, 0.1) is 13.8 Å². The van der Waals surface area contributed by atoms with Crippen molar-refractivity contribution in [1.29, 1.82) is 0 Å². The lowest BCUT2D eigenvalue weighted by atomic mass is 10.1. The summed E-state index contributed by atoms with van der Waals surface area (Å²) in [6.07, 6.45) is 2.50. The predicted octanol–water partition coefficient (Wildman–Crippen LogP) is 2.82. The van der Waals surface area contributed by atoms with Crippen LogP contribution < -0.4 is 9.80 Å². The quantitative estimate of drug-likeness (QED) is 0.837. The number of para-hydroxylation sites is 1. The highest BCUT2D eigenvalue weighted by Gasteiger charge is 2.36. The molecule has 1 fully saturated rings. The third kappa shape index (κ3) is 3.26. The van der Waals surface area contributed by atoms with Gasteiger partial charge in [-0.05, 0) is 38.3 Å². The Morgan fingerprint density at radius 2 is 2.16 bits per heavy atom. The average Bonchev–Trinajstić information content (AvgIpc) is 3.36. The Balaban J connectivity index is 1.45. The number of hydrogen-bond donors (Lipinski definition) is 0. The number of nitrogens with zero attached hydrogens (tertiary/aromatic N) is 3. The van der Waals surface area contributed by atoms with Gasteiger partial charge in [-0.1, -0.05) is 17.3 Å². The molecule has 132 valence electrons. The first-order valence-corrected chi connectivity index (χ1v) is 8.80. The second-order valence-corrected chi connectivity index (χ2v) is 6.83. The third-order valence-corrected chi connectivity index (χ3v) is 4.80. The van der Waals surface area contributed by atoms with Crippen LogP contribution in [0.1, 0.15) is 29.9 Å². The van der Waals surface area contributed by atoms with Crippen molar-refractivity contribution in [3.05, 3.63) is 41.3 Å². The normalized spacial score (nSPS) is 16.9. The van der Waals surface area contributed by atoms with Crippen LogP contribution in [-0.2, 0) is 16.1 Å². The van der Waals surface area contributed by atoms with Crippen molar-refractivity contribution in [2.24, 2.45) is 0 Å². The zero-order valence-corrected chi connectivity index (χ0v) is 14.7. The second-order valence-electron chi connectivity index (χ2n) is 6.83. The van der Waals surface area contributed by atoms with E-state index < -0.39 is 0 Å². The summed E-state index contributed by atoms with van der Waals surface area (Å²) in [5, 5.41) is 3.88. The van der Waals surface area contributed by atoms with Crippen LogP contribution in [0.2, 0.25) is 0 Å². The molecular weight excluding hydrogens is 318 g/mol. The summed E-state index contributed by atoms with van der Waals surface area (Å²) in [4.78, 5) is 17.0. The summed E-state index contributed by atoms with van der Waals surface area (Å²) in [7, 11) is 0. The maximum absolute atomic E-state index is 12.7. The number of fused-ring (bicyclic) bond motifs is 1. The van der Waals surface area contributed by atoms with E-state index in [1.54, 1.807) is 0 Å². The van der Waals surface area contributed by atoms with Gasteiger partial charge in [-0.15, -0.1) is 0 Å². The topological polar surface area (TPSA) is 58.8 Å². The van der Waals surface area contributed by atoms with Crippen LogP contribution in [0.3, 0.4) is 0 Å². The minimum atomic E-state index is -0.0116. The highest BCUT2D eigenvalue weighted by molar-refractivity contribution is 5.99. The van der Waals surface area contributed by atoms with E-state index in [9.17, 15) is 4.79 Å². The Bertz CT molecular complexity index is 782. The van der Waals surface area contributed by atoms with Gasteiger partial charge in [-0.2, -0.15) is 0 Å². The van der Waals surface area contributed by atoms with Gasteiger partial charge < -0.3 is 19.1 Å². The monoisotopic (exact) mass is 341 g/mol. The molecule has 2 heterocycles. The molecule has 4 rings (SSSR count). The van der Waals surface area contributed by atoms with Crippen molar-refractivity contribution in [1.82, 2.24) is 5.16 Å². The molecule has 0 unspecified atom stereocenters. The lowest BCUT2D eigenvalue weighted by Gasteiger charge is -2.39. The minimum absolute atomic E-state index is 0.0116. The molecule has 6 nitrogen and oxygen atoms in total. The number of anilines is 2. The molecular formula is C19H23N3O3. The molecule has 0 N–H and O–H groups in total. The molecule has 2 aliphatic rings. The second kappa shape index (κ2) is 6.52. The summed E-state index contributed by atoms with van der Waals surface area (Å²) < 4.78 is 10.6. The van der Waals surface area contributed by atoms with Crippen molar-refractivity contribution in [2.45, 2.75) is 39.3 Å². The maximum Gasteiger partial charge on any atom is 0.253 e. The predicted molar refractivity (Wildman–Crippen MR) is 94.8 cm³/mol. The van der Waals surface area contributed by atoms with E-state index in [4.69, 9.17) is 9.26 Å². The molecule has 0 bridgehead atoms. The van der Waals surface area contributed by atoms with Crippen LogP contribution in [0.5, 0.6) is 0 Å². The maximum atomic E-state index is 12.7. The summed E-state index contributed by atoms with van der Waals surface area (Å²) in [6, 6.07) is 8.63. The van der Waals surface area contributed by atoms with Crippen molar-refractivity contribution >= 4 is 17.3 Å². The Morgan fingerprint density at radius 3 is 2.88 bits per heavy atom. The third-order valence-electron chi connectivity index (χ3n) is 4.80. The molecule has 1 amide bonds. The molecule has 25 heavy (non-hydrogen) atoms. The van der Waals surface area contributed by atoms with Gasteiger partial charge in [0.2, 0.25) is 0 Å². The number of ether oxygens (including phenoxy) is 1. The zero-order chi connectivity index (χ0) is 17.4. The van der Waals surface area contributed by atoms with Gasteiger partial charge in [0, 0.05) is 25.2 Å². The number of aromatic nitrogens is 1. The van der Waals surface area contributed by atoms with E-state index in [0.29, 0.717) is 18.3 Å². The van der Waals surface area contributed by atoms with Crippen LogP contribution in [-0.4, -0.2) is 36.8 Å². The van der Waals surface area contributed by atoms with Gasteiger partial charge >= 0.3 is 0 Å². The Morgan fingerprint density at radius 1 is 1.32 bits per heavy atom. The van der Waals surface area contributed by atoms with Gasteiger partial charge in [-0.3, -0.25) is 4.79 Å². The summed E-state index contributed by atoms with van der Waals surface area (Å²) in [5.74, 6) is 0.730. The fourth-order valence-electron chi connectivity index (χ4n) is 3.49. The zero-order valence-electron chi connectivity index (χ0n) is 14.7. The van der Waals surface area contributed by atoms with E-state index in [2.05, 4.69) is 23.0 Å². The lowest BCUT2D eigenvalue weighted by Crippen LogP contribution is -2.46. The molecule has 1 aromatic carbocycles. The number of aryl methyl sites for hydroxylation is 2. The molecule has 1 aliphatic carbocycles. The van der Waals surface area contributed by atoms with Gasteiger partial charge in [0.05, 0.1) is 18.0 Å². The van der Waals surface area contributed by atoms with Crippen molar-refractivity contribution in [3.63, 3.8) is 0 Å². The first kappa shape index (κ1) is 16.1. The van der Waals surface area contributed by atoms with Crippen molar-refractivity contribution in [3.8, 4) is 0 Å². The van der Waals surface area contributed by atoms with Gasteiger partial charge in [-0.25, -0.2) is 0 Å². The Labute approximate surface area is 147 Å². The summed E-state index contributed by atoms with van der Waals surface area (Å²) in [6.45, 7) is 5.87. The van der Waals surface area contributed by atoms with E-state index in [1.165, 1.54) is 24.1 Å². The number of carbonyl (C=O) groups excluding carboxylic acids is 1. The summed E-state index contributed by atoms with van der Waals surface area (Å²) in [5.41, 5.74) is 4.14. The number of benzene rings is 1. The number of rotatable bonds is 5. The molecule has 2 aromatic rings. The number of carbonyl (C=O) groups is 1. The van der Waals surface area contributed by atoms with Gasteiger partial charge in [0.15, 0.2) is 0 Å². The fraction of sp³-hybridized carbons (Fsp3) is 0.474. The van der Waals surface area contributed by atoms with Crippen LogP contribution in [0.15, 0.2) is 28.8 Å². The highest BCUT2D eigenvalue weighted by atomic mass is 16.5. The molecule has 1 saturated carbocycles. The van der Waals surface area contributed by atoms with Crippen LogP contribution in [0.25, 0.3) is 0 Å². The van der Waals surface area contributed by atoms with Gasteiger partial charge in [0.1, 0.15) is 18.1 Å². The minimum Gasteiger partial charge on any atom is -0.365 e. The molecule has 1 aromatic heterocycles. The molecule has 6 heteroatoms. The molecule has 0 radical (unpaired) electrons. The van der Waals surface area contributed by atoms with Crippen LogP contribution in [0.4, 0.5) is 11.4 Å². The number of hydrogen-bond acceptors (Lipinski definition) is 5. The van der Waals surface area contributed by atoms with Gasteiger partial charge in [0.25, 0.3) is 5.91 Å². The SMILES string of the molecule is Cc1cc(COCC(=O)N2CCN(C3CC3)c3c(C)cccc32)no1.